The summed E-state index contributed by atoms with van der Waals surface area (Å²) in [4.78, 5) is 24.2. The topological polar surface area (TPSA) is 83.1 Å². The molecule has 2 aromatic carbocycles. The summed E-state index contributed by atoms with van der Waals surface area (Å²) in [6.07, 6.45) is 1.92. The number of carbonyl (C=O) groups is 2. The van der Waals surface area contributed by atoms with Crippen LogP contribution in [-0.4, -0.2) is 38.3 Å². The van der Waals surface area contributed by atoms with E-state index in [1.807, 2.05) is 0 Å². The van der Waals surface area contributed by atoms with Gasteiger partial charge in [0.25, 0.3) is 5.91 Å². The second-order valence-corrected chi connectivity index (χ2v) is 6.03. The first kappa shape index (κ1) is 19.3. The third-order valence-corrected chi connectivity index (χ3v) is 4.00. The molecule has 0 spiro atoms. The van der Waals surface area contributed by atoms with Crippen LogP contribution in [-0.2, 0) is 14.3 Å². The van der Waals surface area contributed by atoms with Crippen LogP contribution in [0.5, 0.6) is 17.2 Å². The molecule has 0 aromatic heterocycles. The summed E-state index contributed by atoms with van der Waals surface area (Å²) in [7, 11) is 1.58. The molecule has 7 nitrogen and oxygen atoms in total. The van der Waals surface area contributed by atoms with Gasteiger partial charge in [-0.1, -0.05) is 12.1 Å². The number of ether oxygens (including phenoxy) is 4. The highest BCUT2D eigenvalue weighted by molar-refractivity contribution is 5.96. The number of esters is 1. The Bertz CT molecular complexity index is 875. The first-order chi connectivity index (χ1) is 13.5. The number of rotatable bonds is 6. The number of anilines is 1. The molecule has 0 bridgehead atoms. The fourth-order valence-electron chi connectivity index (χ4n) is 2.51. The summed E-state index contributed by atoms with van der Waals surface area (Å²) in [5, 5.41) is 2.69. The van der Waals surface area contributed by atoms with Crippen molar-refractivity contribution in [2.75, 3.05) is 25.6 Å². The zero-order chi connectivity index (χ0) is 19.9. The maximum absolute atomic E-state index is 12.3. The zero-order valence-corrected chi connectivity index (χ0v) is 15.6. The lowest BCUT2D eigenvalue weighted by molar-refractivity contribution is -0.148. The maximum Gasteiger partial charge on any atom is 0.331 e. The van der Waals surface area contributed by atoms with Gasteiger partial charge in [-0.05, 0) is 42.8 Å². The molecule has 3 rings (SSSR count). The molecule has 0 saturated carbocycles. The first-order valence-corrected chi connectivity index (χ1v) is 8.78. The maximum atomic E-state index is 12.3. The van der Waals surface area contributed by atoms with Crippen molar-refractivity contribution in [2.45, 2.75) is 13.0 Å². The largest absolute Gasteiger partial charge is 0.497 e. The quantitative estimate of drug-likeness (QED) is 0.610. The third kappa shape index (κ3) is 5.03. The monoisotopic (exact) mass is 383 g/mol. The van der Waals surface area contributed by atoms with Gasteiger partial charge in [-0.2, -0.15) is 0 Å². The summed E-state index contributed by atoms with van der Waals surface area (Å²) >= 11 is 0. The second-order valence-electron chi connectivity index (χ2n) is 6.03. The van der Waals surface area contributed by atoms with E-state index in [2.05, 4.69) is 5.32 Å². The van der Waals surface area contributed by atoms with Gasteiger partial charge in [-0.3, -0.25) is 4.79 Å². The third-order valence-electron chi connectivity index (χ3n) is 4.00. The average molecular weight is 383 g/mol. The highest BCUT2D eigenvalue weighted by atomic mass is 16.6. The normalized spacial score (nSPS) is 13.6. The fraction of sp³-hybridized carbons (Fsp3) is 0.238. The van der Waals surface area contributed by atoms with Crippen LogP contribution < -0.4 is 19.5 Å². The molecule has 28 heavy (non-hydrogen) atoms. The van der Waals surface area contributed by atoms with Crippen molar-refractivity contribution in [1.82, 2.24) is 0 Å². The van der Waals surface area contributed by atoms with Crippen LogP contribution in [0.15, 0.2) is 48.5 Å². The van der Waals surface area contributed by atoms with Gasteiger partial charge in [0.15, 0.2) is 17.6 Å². The molecule has 146 valence electrons. The van der Waals surface area contributed by atoms with Gasteiger partial charge in [0.1, 0.15) is 19.0 Å². The van der Waals surface area contributed by atoms with E-state index >= 15 is 0 Å². The number of fused-ring (bicyclic) bond motifs is 1. The Labute approximate surface area is 162 Å². The molecule has 0 unspecified atom stereocenters. The first-order valence-electron chi connectivity index (χ1n) is 8.78. The number of benzene rings is 2. The molecule has 0 radical (unpaired) electrons. The minimum atomic E-state index is -0.957. The van der Waals surface area contributed by atoms with E-state index in [1.54, 1.807) is 55.7 Å². The van der Waals surface area contributed by atoms with E-state index in [4.69, 9.17) is 18.9 Å². The van der Waals surface area contributed by atoms with Gasteiger partial charge in [0.05, 0.1) is 7.11 Å². The lowest BCUT2D eigenvalue weighted by atomic mass is 10.2. The van der Waals surface area contributed by atoms with Gasteiger partial charge >= 0.3 is 5.97 Å². The Balaban J connectivity index is 1.53. The molecule has 1 aliphatic heterocycles. The Kier molecular flexibility index (Phi) is 6.16. The smallest absolute Gasteiger partial charge is 0.331 e. The number of methoxy groups -OCH3 is 1. The van der Waals surface area contributed by atoms with Gasteiger partial charge in [0, 0.05) is 17.8 Å². The van der Waals surface area contributed by atoms with Crippen LogP contribution in [0.3, 0.4) is 0 Å². The number of hydrogen-bond acceptors (Lipinski definition) is 6. The van der Waals surface area contributed by atoms with E-state index in [0.29, 0.717) is 30.4 Å². The van der Waals surface area contributed by atoms with Gasteiger partial charge in [0.2, 0.25) is 0 Å². The molecule has 0 aliphatic carbocycles. The summed E-state index contributed by atoms with van der Waals surface area (Å²) in [5.41, 5.74) is 1.34. The molecule has 1 heterocycles. The summed E-state index contributed by atoms with van der Waals surface area (Å²) in [6.45, 7) is 2.46. The predicted molar refractivity (Wildman–Crippen MR) is 104 cm³/mol. The Morgan fingerprint density at radius 2 is 1.79 bits per heavy atom. The molecule has 1 atom stereocenters. The summed E-state index contributed by atoms with van der Waals surface area (Å²) < 4.78 is 21.1. The SMILES string of the molecule is COc1ccc(/C=C/C(=O)O[C@@H](C)C(=O)Nc2ccc3c(c2)OCCO3)cc1. The fourth-order valence-corrected chi connectivity index (χ4v) is 2.51. The number of nitrogens with one attached hydrogen (secondary N) is 1. The van der Waals surface area contributed by atoms with Crippen molar-refractivity contribution in [3.8, 4) is 17.2 Å². The van der Waals surface area contributed by atoms with Gasteiger partial charge in [-0.15, -0.1) is 0 Å². The molecule has 2 aromatic rings. The highest BCUT2D eigenvalue weighted by Crippen LogP contribution is 2.32. The lowest BCUT2D eigenvalue weighted by Crippen LogP contribution is -2.29. The lowest BCUT2D eigenvalue weighted by Gasteiger charge is -2.19. The van der Waals surface area contributed by atoms with Gasteiger partial charge < -0.3 is 24.3 Å². The molecule has 7 heteroatoms. The van der Waals surface area contributed by atoms with E-state index in [1.165, 1.54) is 13.0 Å². The Morgan fingerprint density at radius 1 is 1.07 bits per heavy atom. The van der Waals surface area contributed by atoms with Gasteiger partial charge in [-0.25, -0.2) is 4.79 Å². The Hall–Kier alpha value is -3.48. The van der Waals surface area contributed by atoms with Crippen molar-refractivity contribution in [2.24, 2.45) is 0 Å². The molecule has 0 fully saturated rings. The van der Waals surface area contributed by atoms with Crippen LogP contribution >= 0.6 is 0 Å². The average Bonchev–Trinajstić information content (AvgIpc) is 2.72. The molecular weight excluding hydrogens is 362 g/mol. The van der Waals surface area contributed by atoms with E-state index in [-0.39, 0.29) is 0 Å². The molecule has 1 amide bonds. The standard InChI is InChI=1S/C21H21NO6/c1-14(28-20(23)10-5-15-3-7-17(25-2)8-4-15)21(24)22-16-6-9-18-19(13-16)27-12-11-26-18/h3-10,13-14H,11-12H2,1-2H3,(H,22,24)/b10-5+/t14-/m0/s1. The van der Waals surface area contributed by atoms with Crippen molar-refractivity contribution >= 4 is 23.6 Å². The van der Waals surface area contributed by atoms with E-state index < -0.39 is 18.0 Å². The predicted octanol–water partition coefficient (Wildman–Crippen LogP) is 3.05. The minimum absolute atomic E-state index is 0.442. The highest BCUT2D eigenvalue weighted by Gasteiger charge is 2.18. The van der Waals surface area contributed by atoms with Crippen molar-refractivity contribution in [3.63, 3.8) is 0 Å². The Morgan fingerprint density at radius 3 is 2.50 bits per heavy atom. The zero-order valence-electron chi connectivity index (χ0n) is 15.6. The van der Waals surface area contributed by atoms with Crippen LogP contribution in [0.4, 0.5) is 5.69 Å². The molecule has 0 saturated heterocycles. The van der Waals surface area contributed by atoms with E-state index in [0.717, 1.165) is 11.3 Å². The van der Waals surface area contributed by atoms with Crippen LogP contribution in [0.1, 0.15) is 12.5 Å². The van der Waals surface area contributed by atoms with Crippen molar-refractivity contribution < 1.29 is 28.5 Å². The number of hydrogen-bond donors (Lipinski definition) is 1. The van der Waals surface area contributed by atoms with Crippen molar-refractivity contribution in [3.05, 3.63) is 54.1 Å². The second kappa shape index (κ2) is 8.94. The summed E-state index contributed by atoms with van der Waals surface area (Å²) in [6, 6.07) is 12.3. The van der Waals surface area contributed by atoms with Crippen LogP contribution in [0.25, 0.3) is 6.08 Å². The van der Waals surface area contributed by atoms with Crippen LogP contribution in [0, 0.1) is 0 Å². The summed E-state index contributed by atoms with van der Waals surface area (Å²) in [5.74, 6) is 0.871. The molecule has 1 N–H and O–H groups in total. The number of carbonyl (C=O) groups excluding carboxylic acids is 2. The van der Waals surface area contributed by atoms with Crippen molar-refractivity contribution in [1.29, 1.82) is 0 Å². The molecular formula is C21H21NO6. The van der Waals surface area contributed by atoms with Crippen LogP contribution in [0.2, 0.25) is 0 Å². The molecule has 1 aliphatic rings. The number of amides is 1. The van der Waals surface area contributed by atoms with E-state index in [9.17, 15) is 9.59 Å². The minimum Gasteiger partial charge on any atom is -0.497 e.